The predicted octanol–water partition coefficient (Wildman–Crippen LogP) is 4.57. The van der Waals surface area contributed by atoms with Crippen molar-refractivity contribution in [3.05, 3.63) is 40.7 Å². The van der Waals surface area contributed by atoms with Gasteiger partial charge in [-0.15, -0.1) is 0 Å². The third-order valence-corrected chi connectivity index (χ3v) is 3.37. The lowest BCUT2D eigenvalue weighted by atomic mass is 10.2. The molecule has 5 heteroatoms. The molecule has 0 radical (unpaired) electrons. The number of hydrogen-bond donors (Lipinski definition) is 2. The minimum Gasteiger partial charge on any atom is -0.370 e. The molecule has 4 nitrogen and oxygen atoms in total. The Labute approximate surface area is 131 Å². The number of benzene rings is 1. The van der Waals surface area contributed by atoms with E-state index in [1.807, 2.05) is 31.2 Å². The molecule has 2 rings (SSSR count). The Morgan fingerprint density at radius 3 is 2.33 bits per heavy atom. The first-order valence-corrected chi connectivity index (χ1v) is 7.65. The van der Waals surface area contributed by atoms with E-state index in [4.69, 9.17) is 11.6 Å². The van der Waals surface area contributed by atoms with E-state index in [2.05, 4.69) is 34.4 Å². The molecule has 0 spiro atoms. The van der Waals surface area contributed by atoms with Crippen molar-refractivity contribution in [2.75, 3.05) is 17.2 Å². The second-order valence-corrected chi connectivity index (χ2v) is 5.31. The number of nitrogens with one attached hydrogen (secondary N) is 2. The van der Waals surface area contributed by atoms with Gasteiger partial charge in [0.1, 0.15) is 17.5 Å². The third-order valence-electron chi connectivity index (χ3n) is 3.12. The SMILES string of the molecule is CCCc1nc(NCC)c(C)c(Nc2ccc(Cl)cc2)n1. The molecule has 1 aromatic carbocycles. The minimum atomic E-state index is 0.722. The van der Waals surface area contributed by atoms with Crippen LogP contribution in [0.2, 0.25) is 5.02 Å². The van der Waals surface area contributed by atoms with Gasteiger partial charge < -0.3 is 10.6 Å². The van der Waals surface area contributed by atoms with Crippen LogP contribution in [0.1, 0.15) is 31.7 Å². The van der Waals surface area contributed by atoms with Crippen LogP contribution in [-0.4, -0.2) is 16.5 Å². The number of anilines is 3. The number of nitrogens with zero attached hydrogens (tertiary/aromatic N) is 2. The molecule has 2 N–H and O–H groups in total. The second kappa shape index (κ2) is 7.27. The van der Waals surface area contributed by atoms with Gasteiger partial charge in [0, 0.05) is 29.2 Å². The van der Waals surface area contributed by atoms with E-state index in [9.17, 15) is 0 Å². The third kappa shape index (κ3) is 4.08. The first-order chi connectivity index (χ1) is 10.1. The molecule has 0 unspecified atom stereocenters. The van der Waals surface area contributed by atoms with Gasteiger partial charge in [-0.05, 0) is 44.5 Å². The van der Waals surface area contributed by atoms with Crippen LogP contribution in [0.25, 0.3) is 0 Å². The maximum atomic E-state index is 5.92. The fraction of sp³-hybridized carbons (Fsp3) is 0.375. The maximum absolute atomic E-state index is 5.92. The Hall–Kier alpha value is -1.81. The minimum absolute atomic E-state index is 0.722. The monoisotopic (exact) mass is 304 g/mol. The lowest BCUT2D eigenvalue weighted by molar-refractivity contribution is 0.833. The topological polar surface area (TPSA) is 49.8 Å². The zero-order valence-electron chi connectivity index (χ0n) is 12.7. The summed E-state index contributed by atoms with van der Waals surface area (Å²) in [6, 6.07) is 7.60. The summed E-state index contributed by atoms with van der Waals surface area (Å²) < 4.78 is 0. The van der Waals surface area contributed by atoms with Gasteiger partial charge in [-0.25, -0.2) is 9.97 Å². The molecule has 0 saturated heterocycles. The van der Waals surface area contributed by atoms with Crippen molar-refractivity contribution in [1.29, 1.82) is 0 Å². The first-order valence-electron chi connectivity index (χ1n) is 7.28. The van der Waals surface area contributed by atoms with E-state index >= 15 is 0 Å². The number of hydrogen-bond acceptors (Lipinski definition) is 4. The van der Waals surface area contributed by atoms with Crippen molar-refractivity contribution in [3.8, 4) is 0 Å². The van der Waals surface area contributed by atoms with Gasteiger partial charge >= 0.3 is 0 Å². The zero-order valence-corrected chi connectivity index (χ0v) is 13.5. The molecule has 0 aliphatic rings. The Morgan fingerprint density at radius 1 is 1.05 bits per heavy atom. The molecule has 112 valence electrons. The average Bonchev–Trinajstić information content (AvgIpc) is 2.47. The summed E-state index contributed by atoms with van der Waals surface area (Å²) in [5.41, 5.74) is 1.98. The molecule has 0 amide bonds. The van der Waals surface area contributed by atoms with Gasteiger partial charge in [0.15, 0.2) is 0 Å². The molecular weight excluding hydrogens is 284 g/mol. The van der Waals surface area contributed by atoms with Crippen LogP contribution in [0.15, 0.2) is 24.3 Å². The highest BCUT2D eigenvalue weighted by Crippen LogP contribution is 2.24. The Morgan fingerprint density at radius 2 is 1.71 bits per heavy atom. The van der Waals surface area contributed by atoms with Crippen molar-refractivity contribution < 1.29 is 0 Å². The van der Waals surface area contributed by atoms with Gasteiger partial charge in [-0.2, -0.15) is 0 Å². The molecule has 0 bridgehead atoms. The van der Waals surface area contributed by atoms with Gasteiger partial charge in [0.05, 0.1) is 0 Å². The fourth-order valence-electron chi connectivity index (χ4n) is 2.03. The quantitative estimate of drug-likeness (QED) is 0.821. The van der Waals surface area contributed by atoms with Crippen molar-refractivity contribution in [2.45, 2.75) is 33.6 Å². The van der Waals surface area contributed by atoms with Gasteiger partial charge in [0.25, 0.3) is 0 Å². The van der Waals surface area contributed by atoms with Crippen molar-refractivity contribution in [2.24, 2.45) is 0 Å². The average molecular weight is 305 g/mol. The number of halogens is 1. The molecule has 0 atom stereocenters. The van der Waals surface area contributed by atoms with Crippen molar-refractivity contribution >= 4 is 28.9 Å². The molecule has 0 fully saturated rings. The first kappa shape index (κ1) is 15.6. The zero-order chi connectivity index (χ0) is 15.2. The summed E-state index contributed by atoms with van der Waals surface area (Å²) >= 11 is 5.92. The largest absolute Gasteiger partial charge is 0.370 e. The summed E-state index contributed by atoms with van der Waals surface area (Å²) in [4.78, 5) is 9.21. The summed E-state index contributed by atoms with van der Waals surface area (Å²) in [5.74, 6) is 2.59. The Kier molecular flexibility index (Phi) is 5.39. The predicted molar refractivity (Wildman–Crippen MR) is 89.7 cm³/mol. The number of aromatic nitrogens is 2. The van der Waals surface area contributed by atoms with Crippen molar-refractivity contribution in [3.63, 3.8) is 0 Å². The normalized spacial score (nSPS) is 10.5. The number of rotatable bonds is 6. The van der Waals surface area contributed by atoms with Crippen LogP contribution in [0.5, 0.6) is 0 Å². The van der Waals surface area contributed by atoms with Crippen LogP contribution >= 0.6 is 11.6 Å². The van der Waals surface area contributed by atoms with E-state index in [1.165, 1.54) is 0 Å². The van der Waals surface area contributed by atoms with Crippen LogP contribution in [0.4, 0.5) is 17.3 Å². The molecule has 1 heterocycles. The fourth-order valence-corrected chi connectivity index (χ4v) is 2.16. The molecule has 1 aromatic heterocycles. The molecule has 2 aromatic rings. The van der Waals surface area contributed by atoms with E-state index in [-0.39, 0.29) is 0 Å². The standard InChI is InChI=1S/C16H21ClN4/c1-4-6-14-20-15(18-5-2)11(3)16(21-14)19-13-9-7-12(17)8-10-13/h7-10H,4-6H2,1-3H3,(H2,18,19,20,21). The highest BCUT2D eigenvalue weighted by atomic mass is 35.5. The Balaban J connectivity index is 2.33. The molecular formula is C16H21ClN4. The van der Waals surface area contributed by atoms with Gasteiger partial charge in [0.2, 0.25) is 0 Å². The van der Waals surface area contributed by atoms with Crippen LogP contribution < -0.4 is 10.6 Å². The van der Waals surface area contributed by atoms with E-state index < -0.39 is 0 Å². The van der Waals surface area contributed by atoms with Gasteiger partial charge in [-0.3, -0.25) is 0 Å². The van der Waals surface area contributed by atoms with Crippen LogP contribution in [0, 0.1) is 6.92 Å². The lowest BCUT2D eigenvalue weighted by Gasteiger charge is -2.14. The lowest BCUT2D eigenvalue weighted by Crippen LogP contribution is -2.09. The van der Waals surface area contributed by atoms with E-state index in [0.717, 1.165) is 53.1 Å². The van der Waals surface area contributed by atoms with E-state index in [0.29, 0.717) is 0 Å². The van der Waals surface area contributed by atoms with Crippen LogP contribution in [-0.2, 0) is 6.42 Å². The summed E-state index contributed by atoms with van der Waals surface area (Å²) in [7, 11) is 0. The molecule has 0 saturated carbocycles. The summed E-state index contributed by atoms with van der Waals surface area (Å²) in [6.07, 6.45) is 1.89. The summed E-state index contributed by atoms with van der Waals surface area (Å²) in [5, 5.41) is 7.37. The maximum Gasteiger partial charge on any atom is 0.139 e. The van der Waals surface area contributed by atoms with E-state index in [1.54, 1.807) is 0 Å². The molecule has 0 aliphatic heterocycles. The number of aryl methyl sites for hydroxylation is 1. The highest BCUT2D eigenvalue weighted by molar-refractivity contribution is 6.30. The van der Waals surface area contributed by atoms with Gasteiger partial charge in [-0.1, -0.05) is 18.5 Å². The highest BCUT2D eigenvalue weighted by Gasteiger charge is 2.10. The molecule has 21 heavy (non-hydrogen) atoms. The molecule has 0 aliphatic carbocycles. The Bertz CT molecular complexity index is 596. The smallest absolute Gasteiger partial charge is 0.139 e. The second-order valence-electron chi connectivity index (χ2n) is 4.87. The van der Waals surface area contributed by atoms with Crippen LogP contribution in [0.3, 0.4) is 0 Å². The summed E-state index contributed by atoms with van der Waals surface area (Å²) in [6.45, 7) is 7.05. The van der Waals surface area contributed by atoms with Crippen molar-refractivity contribution in [1.82, 2.24) is 9.97 Å².